The van der Waals surface area contributed by atoms with Gasteiger partial charge in [0, 0.05) is 19.4 Å². The molecule has 40 heavy (non-hydrogen) atoms. The van der Waals surface area contributed by atoms with E-state index in [2.05, 4.69) is 5.32 Å². The SMILES string of the molecule is CCC(C)CC(=O)Oc1ccc(C[C@H](NCC(C)OC(=O)c2ccccc2)C(=O)O)cc1OC(=O)CC(C)CC. The first-order valence-corrected chi connectivity index (χ1v) is 13.8. The van der Waals surface area contributed by atoms with Gasteiger partial charge in [0.25, 0.3) is 0 Å². The number of hydrogen-bond acceptors (Lipinski definition) is 8. The molecule has 0 amide bonds. The van der Waals surface area contributed by atoms with Gasteiger partial charge in [-0.25, -0.2) is 4.79 Å². The van der Waals surface area contributed by atoms with Crippen LogP contribution in [0.1, 0.15) is 76.2 Å². The highest BCUT2D eigenvalue weighted by atomic mass is 16.6. The van der Waals surface area contributed by atoms with Gasteiger partial charge in [-0.15, -0.1) is 0 Å². The Hall–Kier alpha value is -3.72. The van der Waals surface area contributed by atoms with E-state index in [0.717, 1.165) is 12.8 Å². The number of esters is 3. The first-order chi connectivity index (χ1) is 19.0. The molecule has 0 aliphatic heterocycles. The topological polar surface area (TPSA) is 128 Å². The van der Waals surface area contributed by atoms with Crippen LogP contribution in [0.15, 0.2) is 48.5 Å². The maximum Gasteiger partial charge on any atom is 0.338 e. The van der Waals surface area contributed by atoms with Crippen LogP contribution in [0.2, 0.25) is 0 Å². The summed E-state index contributed by atoms with van der Waals surface area (Å²) in [6, 6.07) is 12.2. The van der Waals surface area contributed by atoms with Crippen LogP contribution in [0.25, 0.3) is 0 Å². The van der Waals surface area contributed by atoms with Crippen LogP contribution in [0, 0.1) is 11.8 Å². The van der Waals surface area contributed by atoms with Crippen molar-refractivity contribution in [2.24, 2.45) is 11.8 Å². The highest BCUT2D eigenvalue weighted by Gasteiger charge is 2.22. The standard InChI is InChI=1S/C31H41NO8/c1-6-20(3)15-28(33)39-26-14-13-23(18-27(26)40-29(34)16-21(4)7-2)17-25(30(35)36)32-19-22(5)38-31(37)24-11-9-8-10-12-24/h8-14,18,20-22,25,32H,6-7,15-17,19H2,1-5H3,(H,35,36)/t20?,21?,22?,25-/m0/s1. The summed E-state index contributed by atoms with van der Waals surface area (Å²) < 4.78 is 16.5. The van der Waals surface area contributed by atoms with Crippen LogP contribution in [0.3, 0.4) is 0 Å². The van der Waals surface area contributed by atoms with Gasteiger partial charge in [-0.1, -0.05) is 64.8 Å². The lowest BCUT2D eigenvalue weighted by Gasteiger charge is -2.19. The molecular weight excluding hydrogens is 514 g/mol. The van der Waals surface area contributed by atoms with E-state index in [1.807, 2.05) is 27.7 Å². The third kappa shape index (κ3) is 11.2. The van der Waals surface area contributed by atoms with Gasteiger partial charge >= 0.3 is 23.9 Å². The van der Waals surface area contributed by atoms with Gasteiger partial charge < -0.3 is 24.6 Å². The number of ether oxygens (including phenoxy) is 3. The fraction of sp³-hybridized carbons (Fsp3) is 0.484. The van der Waals surface area contributed by atoms with E-state index in [-0.39, 0.29) is 49.1 Å². The Bertz CT molecular complexity index is 1130. The minimum absolute atomic E-state index is 0.0473. The third-order valence-electron chi connectivity index (χ3n) is 6.59. The summed E-state index contributed by atoms with van der Waals surface area (Å²) in [5.41, 5.74) is 0.964. The molecule has 0 saturated carbocycles. The Morgan fingerprint density at radius 3 is 1.95 bits per heavy atom. The number of benzene rings is 2. The maximum absolute atomic E-state index is 12.5. The fourth-order valence-corrected chi connectivity index (χ4v) is 3.69. The van der Waals surface area contributed by atoms with Crippen LogP contribution < -0.4 is 14.8 Å². The van der Waals surface area contributed by atoms with Gasteiger partial charge in [0.1, 0.15) is 12.1 Å². The molecule has 9 nitrogen and oxygen atoms in total. The second kappa shape index (κ2) is 16.4. The highest BCUT2D eigenvalue weighted by molar-refractivity contribution is 5.89. The molecule has 4 atom stereocenters. The second-order valence-corrected chi connectivity index (χ2v) is 10.2. The first-order valence-electron chi connectivity index (χ1n) is 13.8. The molecule has 2 rings (SSSR count). The van der Waals surface area contributed by atoms with Crippen molar-refractivity contribution in [2.45, 2.75) is 78.9 Å². The lowest BCUT2D eigenvalue weighted by atomic mass is 10.0. The predicted molar refractivity (Wildman–Crippen MR) is 150 cm³/mol. The normalized spacial score (nSPS) is 13.9. The van der Waals surface area contributed by atoms with Crippen molar-refractivity contribution in [3.63, 3.8) is 0 Å². The molecular formula is C31H41NO8. The smallest absolute Gasteiger partial charge is 0.338 e. The average Bonchev–Trinajstić information content (AvgIpc) is 2.92. The zero-order chi connectivity index (χ0) is 29.7. The predicted octanol–water partition coefficient (Wildman–Crippen LogP) is 5.20. The van der Waals surface area contributed by atoms with Gasteiger partial charge in [-0.2, -0.15) is 0 Å². The zero-order valence-electron chi connectivity index (χ0n) is 24.0. The monoisotopic (exact) mass is 555 g/mol. The average molecular weight is 556 g/mol. The summed E-state index contributed by atoms with van der Waals surface area (Å²) >= 11 is 0. The Morgan fingerprint density at radius 2 is 1.40 bits per heavy atom. The van der Waals surface area contributed by atoms with Crippen LogP contribution >= 0.6 is 0 Å². The summed E-state index contributed by atoms with van der Waals surface area (Å²) in [5.74, 6) is -2.07. The fourth-order valence-electron chi connectivity index (χ4n) is 3.69. The number of carboxylic acid groups (broad SMARTS) is 1. The molecule has 0 fully saturated rings. The van der Waals surface area contributed by atoms with E-state index in [1.54, 1.807) is 43.3 Å². The number of aliphatic carboxylic acids is 1. The van der Waals surface area contributed by atoms with E-state index >= 15 is 0 Å². The van der Waals surface area contributed by atoms with Gasteiger partial charge in [0.15, 0.2) is 11.5 Å². The van der Waals surface area contributed by atoms with Crippen LogP contribution in [0.5, 0.6) is 11.5 Å². The Labute approximate surface area is 236 Å². The Kier molecular flexibility index (Phi) is 13.3. The van der Waals surface area contributed by atoms with Crippen molar-refractivity contribution in [3.05, 3.63) is 59.7 Å². The minimum Gasteiger partial charge on any atom is -0.480 e. The molecule has 0 radical (unpaired) electrons. The molecule has 2 N–H and O–H groups in total. The molecule has 3 unspecified atom stereocenters. The van der Waals surface area contributed by atoms with Gasteiger partial charge in [-0.3, -0.25) is 14.4 Å². The van der Waals surface area contributed by atoms with E-state index in [0.29, 0.717) is 11.1 Å². The summed E-state index contributed by atoms with van der Waals surface area (Å²) in [4.78, 5) is 49.2. The molecule has 2 aromatic carbocycles. The Morgan fingerprint density at radius 1 is 0.825 bits per heavy atom. The molecule has 0 aromatic heterocycles. The number of carbonyl (C=O) groups is 4. The highest BCUT2D eigenvalue weighted by Crippen LogP contribution is 2.31. The zero-order valence-corrected chi connectivity index (χ0v) is 24.0. The molecule has 0 aliphatic rings. The van der Waals surface area contributed by atoms with E-state index in [1.165, 1.54) is 12.1 Å². The maximum atomic E-state index is 12.5. The quantitative estimate of drug-likeness (QED) is 0.212. The number of hydrogen-bond donors (Lipinski definition) is 2. The first kappa shape index (κ1) is 32.5. The number of carbonyl (C=O) groups excluding carboxylic acids is 3. The van der Waals surface area contributed by atoms with Crippen molar-refractivity contribution >= 4 is 23.9 Å². The lowest BCUT2D eigenvalue weighted by Crippen LogP contribution is -2.42. The number of rotatable bonds is 16. The van der Waals surface area contributed by atoms with Crippen molar-refractivity contribution in [3.8, 4) is 11.5 Å². The molecule has 218 valence electrons. The van der Waals surface area contributed by atoms with Crippen LogP contribution in [-0.4, -0.2) is 47.7 Å². The summed E-state index contributed by atoms with van der Waals surface area (Å²) in [6.07, 6.45) is 1.50. The van der Waals surface area contributed by atoms with E-state index in [4.69, 9.17) is 14.2 Å². The molecule has 2 aromatic rings. The molecule has 0 saturated heterocycles. The van der Waals surface area contributed by atoms with Crippen molar-refractivity contribution in [2.75, 3.05) is 6.54 Å². The number of carboxylic acids is 1. The molecule has 0 heterocycles. The third-order valence-corrected chi connectivity index (χ3v) is 6.59. The second-order valence-electron chi connectivity index (χ2n) is 10.2. The molecule has 0 bridgehead atoms. The lowest BCUT2D eigenvalue weighted by molar-refractivity contribution is -0.139. The van der Waals surface area contributed by atoms with Gasteiger partial charge in [0.05, 0.1) is 5.56 Å². The van der Waals surface area contributed by atoms with Crippen LogP contribution in [0.4, 0.5) is 0 Å². The van der Waals surface area contributed by atoms with Crippen LogP contribution in [-0.2, 0) is 25.5 Å². The van der Waals surface area contributed by atoms with Crippen molar-refractivity contribution < 1.29 is 38.5 Å². The largest absolute Gasteiger partial charge is 0.480 e. The van der Waals surface area contributed by atoms with E-state index in [9.17, 15) is 24.3 Å². The van der Waals surface area contributed by atoms with Gasteiger partial charge in [-0.05, 0) is 55.0 Å². The molecule has 9 heteroatoms. The van der Waals surface area contributed by atoms with Crippen molar-refractivity contribution in [1.82, 2.24) is 5.32 Å². The van der Waals surface area contributed by atoms with E-state index < -0.39 is 36.0 Å². The minimum atomic E-state index is -1.10. The molecule has 0 aliphatic carbocycles. The molecule has 0 spiro atoms. The summed E-state index contributed by atoms with van der Waals surface area (Å²) in [5, 5.41) is 12.7. The van der Waals surface area contributed by atoms with Crippen molar-refractivity contribution in [1.29, 1.82) is 0 Å². The van der Waals surface area contributed by atoms with Gasteiger partial charge in [0.2, 0.25) is 0 Å². The Balaban J connectivity index is 2.13. The summed E-state index contributed by atoms with van der Waals surface area (Å²) in [7, 11) is 0. The summed E-state index contributed by atoms with van der Waals surface area (Å²) in [6.45, 7) is 9.62. The number of nitrogens with one attached hydrogen (secondary N) is 1.